The van der Waals surface area contributed by atoms with Gasteiger partial charge >= 0.3 is 0 Å². The molecule has 1 saturated heterocycles. The van der Waals surface area contributed by atoms with Gasteiger partial charge in [0.15, 0.2) is 0 Å². The Balaban J connectivity index is 1.28. The summed E-state index contributed by atoms with van der Waals surface area (Å²) in [6.45, 7) is 1.07. The van der Waals surface area contributed by atoms with Crippen LogP contribution in [0.25, 0.3) is 0 Å². The molecule has 7 nitrogen and oxygen atoms in total. The number of carbonyl (C=O) groups excluding carboxylic acids is 3. The molecule has 154 valence electrons. The van der Waals surface area contributed by atoms with Gasteiger partial charge in [-0.15, -0.1) is 0 Å². The number of rotatable bonds is 4. The summed E-state index contributed by atoms with van der Waals surface area (Å²) in [5.41, 5.74) is 11.9. The molecule has 30 heavy (non-hydrogen) atoms. The number of anilines is 1. The van der Waals surface area contributed by atoms with Gasteiger partial charge in [-0.25, -0.2) is 0 Å². The largest absolute Gasteiger partial charge is 0.399 e. The van der Waals surface area contributed by atoms with Gasteiger partial charge in [-0.2, -0.15) is 0 Å². The highest BCUT2D eigenvalue weighted by atomic mass is 16.2. The van der Waals surface area contributed by atoms with E-state index in [0.29, 0.717) is 25.1 Å². The number of hydrogen-bond donors (Lipinski definition) is 3. The summed E-state index contributed by atoms with van der Waals surface area (Å²) in [6.07, 6.45) is 2.69. The Labute approximate surface area is 174 Å². The van der Waals surface area contributed by atoms with Crippen molar-refractivity contribution in [1.29, 1.82) is 0 Å². The van der Waals surface area contributed by atoms with Gasteiger partial charge in [0.1, 0.15) is 6.04 Å². The Morgan fingerprint density at radius 2 is 1.90 bits per heavy atom. The molecule has 1 fully saturated rings. The standard InChI is InChI=1S/C23H24N4O3/c24-16-4-5-17-14(10-16)3-6-19(17)25-11-13-1-2-15-12-27(23(30)18(15)9-13)20-7-8-21(28)26-22(20)29/h1-2,4-5,9-10,19-20,25H,3,6-8,11-12,24H2,(H,26,28,29). The van der Waals surface area contributed by atoms with E-state index in [4.69, 9.17) is 5.73 Å². The van der Waals surface area contributed by atoms with Crippen LogP contribution in [0, 0.1) is 0 Å². The molecule has 1 aliphatic carbocycles. The molecule has 2 aromatic rings. The summed E-state index contributed by atoms with van der Waals surface area (Å²) in [5.74, 6) is -0.789. The maximum atomic E-state index is 13.0. The van der Waals surface area contributed by atoms with E-state index in [1.807, 2.05) is 24.3 Å². The zero-order valence-electron chi connectivity index (χ0n) is 16.6. The molecule has 2 atom stereocenters. The first kappa shape index (κ1) is 18.8. The van der Waals surface area contributed by atoms with Gasteiger partial charge in [-0.3, -0.25) is 19.7 Å². The Hall–Kier alpha value is -3.19. The zero-order valence-corrected chi connectivity index (χ0v) is 16.6. The van der Waals surface area contributed by atoms with Gasteiger partial charge in [0.05, 0.1) is 0 Å². The van der Waals surface area contributed by atoms with Crippen molar-refractivity contribution in [1.82, 2.24) is 15.5 Å². The second kappa shape index (κ2) is 7.25. The summed E-state index contributed by atoms with van der Waals surface area (Å²) in [5, 5.41) is 5.94. The second-order valence-electron chi connectivity index (χ2n) is 8.32. The third kappa shape index (κ3) is 3.25. The molecule has 2 unspecified atom stereocenters. The maximum Gasteiger partial charge on any atom is 0.255 e. The van der Waals surface area contributed by atoms with Crippen LogP contribution in [0.5, 0.6) is 0 Å². The quantitative estimate of drug-likeness (QED) is 0.533. The van der Waals surface area contributed by atoms with Crippen molar-refractivity contribution >= 4 is 23.4 Å². The van der Waals surface area contributed by atoms with E-state index >= 15 is 0 Å². The number of nitrogens with two attached hydrogens (primary N) is 1. The maximum absolute atomic E-state index is 13.0. The van der Waals surface area contributed by atoms with Gasteiger partial charge < -0.3 is 16.0 Å². The number of carbonyl (C=O) groups is 3. The van der Waals surface area contributed by atoms with Crippen LogP contribution in [0.15, 0.2) is 36.4 Å². The molecule has 5 rings (SSSR count). The summed E-state index contributed by atoms with van der Waals surface area (Å²) >= 11 is 0. The summed E-state index contributed by atoms with van der Waals surface area (Å²) < 4.78 is 0. The van der Waals surface area contributed by atoms with Crippen molar-refractivity contribution in [2.75, 3.05) is 5.73 Å². The number of benzene rings is 2. The number of aryl methyl sites for hydroxylation is 1. The third-order valence-electron chi connectivity index (χ3n) is 6.39. The smallest absolute Gasteiger partial charge is 0.255 e. The lowest BCUT2D eigenvalue weighted by Gasteiger charge is -2.29. The SMILES string of the molecule is Nc1ccc2c(c1)CCC2NCc1ccc2c(c1)C(=O)N(C1CCC(=O)NC1=O)C2. The highest BCUT2D eigenvalue weighted by Gasteiger charge is 2.39. The molecule has 0 radical (unpaired) electrons. The van der Waals surface area contributed by atoms with Crippen molar-refractivity contribution in [2.45, 2.75) is 50.9 Å². The number of fused-ring (bicyclic) bond motifs is 2. The number of imide groups is 1. The van der Waals surface area contributed by atoms with E-state index in [-0.39, 0.29) is 30.2 Å². The van der Waals surface area contributed by atoms with Crippen LogP contribution >= 0.6 is 0 Å². The van der Waals surface area contributed by atoms with Crippen LogP contribution in [0.4, 0.5) is 5.69 Å². The van der Waals surface area contributed by atoms with E-state index in [1.165, 1.54) is 11.1 Å². The number of piperidine rings is 1. The normalized spacial score (nSPS) is 22.8. The Morgan fingerprint density at radius 1 is 1.03 bits per heavy atom. The number of nitrogens with one attached hydrogen (secondary N) is 2. The van der Waals surface area contributed by atoms with Crippen LogP contribution in [0.1, 0.15) is 57.9 Å². The third-order valence-corrected chi connectivity index (χ3v) is 6.39. The van der Waals surface area contributed by atoms with Crippen molar-refractivity contribution in [3.05, 3.63) is 64.2 Å². The van der Waals surface area contributed by atoms with Crippen molar-refractivity contribution < 1.29 is 14.4 Å². The van der Waals surface area contributed by atoms with E-state index < -0.39 is 6.04 Å². The predicted molar refractivity (Wildman–Crippen MR) is 111 cm³/mol. The Kier molecular flexibility index (Phi) is 4.55. The fourth-order valence-corrected chi connectivity index (χ4v) is 4.80. The molecule has 3 amide bonds. The van der Waals surface area contributed by atoms with Crippen LogP contribution in [0.2, 0.25) is 0 Å². The Bertz CT molecular complexity index is 1060. The molecule has 0 aromatic heterocycles. The molecule has 2 aliphatic heterocycles. The zero-order chi connectivity index (χ0) is 20.8. The minimum Gasteiger partial charge on any atom is -0.399 e. The molecule has 0 bridgehead atoms. The average Bonchev–Trinajstić information content (AvgIpc) is 3.27. The van der Waals surface area contributed by atoms with Gasteiger partial charge in [0, 0.05) is 36.8 Å². The van der Waals surface area contributed by atoms with Crippen molar-refractivity contribution in [2.24, 2.45) is 0 Å². The van der Waals surface area contributed by atoms with E-state index in [9.17, 15) is 14.4 Å². The number of hydrogen-bond acceptors (Lipinski definition) is 5. The number of amides is 3. The first-order valence-electron chi connectivity index (χ1n) is 10.4. The lowest BCUT2D eigenvalue weighted by atomic mass is 10.0. The number of nitrogen functional groups attached to an aromatic ring is 1. The van der Waals surface area contributed by atoms with Gasteiger partial charge in [-0.05, 0) is 59.7 Å². The van der Waals surface area contributed by atoms with Crippen LogP contribution < -0.4 is 16.4 Å². The van der Waals surface area contributed by atoms with Gasteiger partial charge in [0.25, 0.3) is 5.91 Å². The molecule has 4 N–H and O–H groups in total. The Morgan fingerprint density at radius 3 is 2.73 bits per heavy atom. The first-order chi connectivity index (χ1) is 14.5. The van der Waals surface area contributed by atoms with Crippen molar-refractivity contribution in [3.8, 4) is 0 Å². The monoisotopic (exact) mass is 404 g/mol. The van der Waals surface area contributed by atoms with Crippen LogP contribution in [0.3, 0.4) is 0 Å². The molecule has 2 heterocycles. The first-order valence-corrected chi connectivity index (χ1v) is 10.4. The molecular formula is C23H24N4O3. The fourth-order valence-electron chi connectivity index (χ4n) is 4.80. The van der Waals surface area contributed by atoms with Gasteiger partial charge in [-0.1, -0.05) is 18.2 Å². The summed E-state index contributed by atoms with van der Waals surface area (Å²) in [4.78, 5) is 38.1. The molecule has 3 aliphatic rings. The summed E-state index contributed by atoms with van der Waals surface area (Å²) in [6, 6.07) is 11.7. The van der Waals surface area contributed by atoms with E-state index in [1.54, 1.807) is 4.90 Å². The fraction of sp³-hybridized carbons (Fsp3) is 0.348. The topological polar surface area (TPSA) is 105 Å². The lowest BCUT2D eigenvalue weighted by molar-refractivity contribution is -0.136. The minimum atomic E-state index is -0.577. The molecular weight excluding hydrogens is 380 g/mol. The lowest BCUT2D eigenvalue weighted by Crippen LogP contribution is -2.52. The summed E-state index contributed by atoms with van der Waals surface area (Å²) in [7, 11) is 0. The highest BCUT2D eigenvalue weighted by molar-refractivity contribution is 6.05. The minimum absolute atomic E-state index is 0.136. The van der Waals surface area contributed by atoms with Crippen molar-refractivity contribution in [3.63, 3.8) is 0 Å². The molecule has 0 saturated carbocycles. The second-order valence-corrected chi connectivity index (χ2v) is 8.32. The highest BCUT2D eigenvalue weighted by Crippen LogP contribution is 2.33. The van der Waals surface area contributed by atoms with E-state index in [0.717, 1.165) is 29.7 Å². The van der Waals surface area contributed by atoms with Crippen LogP contribution in [-0.2, 0) is 29.1 Å². The molecule has 0 spiro atoms. The number of nitrogens with zero attached hydrogens (tertiary/aromatic N) is 1. The van der Waals surface area contributed by atoms with Gasteiger partial charge in [0.2, 0.25) is 11.8 Å². The average molecular weight is 404 g/mol. The molecule has 2 aromatic carbocycles. The van der Waals surface area contributed by atoms with E-state index in [2.05, 4.69) is 22.8 Å². The molecule has 7 heteroatoms. The van der Waals surface area contributed by atoms with Crippen LogP contribution in [-0.4, -0.2) is 28.7 Å². The predicted octanol–water partition coefficient (Wildman–Crippen LogP) is 1.81.